The summed E-state index contributed by atoms with van der Waals surface area (Å²) < 4.78 is 5.85. The number of oxazole rings is 1. The normalized spacial score (nSPS) is 12.5. The molecule has 0 fully saturated rings. The van der Waals surface area contributed by atoms with Crippen LogP contribution in [0, 0.1) is 6.92 Å². The van der Waals surface area contributed by atoms with Crippen LogP contribution in [0.25, 0.3) is 11.5 Å². The minimum absolute atomic E-state index is 0.108. The van der Waals surface area contributed by atoms with Crippen molar-refractivity contribution in [1.29, 1.82) is 0 Å². The summed E-state index contributed by atoms with van der Waals surface area (Å²) in [6, 6.07) is 10.0. The molecule has 1 atom stereocenters. The fraction of sp³-hybridized carbons (Fsp3) is 0.250. The average Bonchev–Trinajstić information content (AvgIpc) is 3.15. The molecule has 1 aromatic carbocycles. The second kappa shape index (κ2) is 6.20. The van der Waals surface area contributed by atoms with Gasteiger partial charge in [0.15, 0.2) is 0 Å². The molecule has 3 rings (SSSR count). The maximum absolute atomic E-state index is 5.85. The Labute approximate surface area is 127 Å². The number of thiazole rings is 1. The molecule has 5 heteroatoms. The summed E-state index contributed by atoms with van der Waals surface area (Å²) in [7, 11) is 0. The summed E-state index contributed by atoms with van der Waals surface area (Å²) in [5.74, 6) is 1.50. The van der Waals surface area contributed by atoms with Crippen LogP contribution in [0.15, 0.2) is 46.5 Å². The molecule has 21 heavy (non-hydrogen) atoms. The lowest BCUT2D eigenvalue weighted by atomic mass is 10.2. The zero-order chi connectivity index (χ0) is 14.7. The Morgan fingerprint density at radius 3 is 2.76 bits per heavy atom. The lowest BCUT2D eigenvalue weighted by Gasteiger charge is -2.09. The van der Waals surface area contributed by atoms with Crippen molar-refractivity contribution in [3.63, 3.8) is 0 Å². The monoisotopic (exact) mass is 299 g/mol. The van der Waals surface area contributed by atoms with Gasteiger partial charge in [-0.15, -0.1) is 11.3 Å². The van der Waals surface area contributed by atoms with E-state index in [0.29, 0.717) is 5.89 Å². The van der Waals surface area contributed by atoms with Gasteiger partial charge in [0, 0.05) is 17.0 Å². The minimum Gasteiger partial charge on any atom is -0.440 e. The summed E-state index contributed by atoms with van der Waals surface area (Å²) in [6.45, 7) is 4.89. The fourth-order valence-corrected chi connectivity index (χ4v) is 2.77. The molecule has 0 amide bonds. The van der Waals surface area contributed by atoms with Gasteiger partial charge in [-0.05, 0) is 26.0 Å². The molecule has 0 aliphatic rings. The highest BCUT2D eigenvalue weighted by atomic mass is 32.1. The Kier molecular flexibility index (Phi) is 4.13. The van der Waals surface area contributed by atoms with E-state index in [4.69, 9.17) is 4.42 Å². The summed E-state index contributed by atoms with van der Waals surface area (Å²) in [4.78, 5) is 9.86. The van der Waals surface area contributed by atoms with Crippen molar-refractivity contribution in [2.45, 2.75) is 26.4 Å². The SMILES string of the molecule is Cc1ncsc1CNC(C)c1cnc(-c2ccccc2)o1. The van der Waals surface area contributed by atoms with Crippen LogP contribution in [0.2, 0.25) is 0 Å². The molecule has 0 aliphatic carbocycles. The third-order valence-corrected chi connectivity index (χ3v) is 4.32. The van der Waals surface area contributed by atoms with Crippen LogP contribution < -0.4 is 5.32 Å². The van der Waals surface area contributed by atoms with E-state index < -0.39 is 0 Å². The van der Waals surface area contributed by atoms with Gasteiger partial charge in [0.2, 0.25) is 5.89 Å². The van der Waals surface area contributed by atoms with Crippen molar-refractivity contribution in [2.24, 2.45) is 0 Å². The minimum atomic E-state index is 0.108. The highest BCUT2D eigenvalue weighted by Crippen LogP contribution is 2.22. The van der Waals surface area contributed by atoms with Gasteiger partial charge in [0.25, 0.3) is 0 Å². The highest BCUT2D eigenvalue weighted by Gasteiger charge is 2.13. The molecule has 2 heterocycles. The van der Waals surface area contributed by atoms with E-state index in [0.717, 1.165) is 23.6 Å². The lowest BCUT2D eigenvalue weighted by molar-refractivity contribution is 0.437. The summed E-state index contributed by atoms with van der Waals surface area (Å²) in [5.41, 5.74) is 3.95. The molecule has 1 N–H and O–H groups in total. The van der Waals surface area contributed by atoms with Crippen molar-refractivity contribution in [2.75, 3.05) is 0 Å². The van der Waals surface area contributed by atoms with E-state index >= 15 is 0 Å². The van der Waals surface area contributed by atoms with Crippen molar-refractivity contribution >= 4 is 11.3 Å². The number of aryl methyl sites for hydroxylation is 1. The lowest BCUT2D eigenvalue weighted by Crippen LogP contribution is -2.17. The van der Waals surface area contributed by atoms with E-state index in [1.807, 2.05) is 42.8 Å². The van der Waals surface area contributed by atoms with Crippen LogP contribution in [-0.4, -0.2) is 9.97 Å². The zero-order valence-corrected chi connectivity index (χ0v) is 12.9. The van der Waals surface area contributed by atoms with E-state index in [9.17, 15) is 0 Å². The third kappa shape index (κ3) is 3.20. The quantitative estimate of drug-likeness (QED) is 0.775. The van der Waals surface area contributed by atoms with Gasteiger partial charge >= 0.3 is 0 Å². The highest BCUT2D eigenvalue weighted by molar-refractivity contribution is 7.09. The number of hydrogen-bond donors (Lipinski definition) is 1. The van der Waals surface area contributed by atoms with Crippen LogP contribution in [0.1, 0.15) is 29.3 Å². The van der Waals surface area contributed by atoms with E-state index in [1.165, 1.54) is 4.88 Å². The number of hydrogen-bond acceptors (Lipinski definition) is 5. The predicted octanol–water partition coefficient (Wildman–Crippen LogP) is 3.96. The van der Waals surface area contributed by atoms with E-state index in [1.54, 1.807) is 17.5 Å². The predicted molar refractivity (Wildman–Crippen MR) is 84.0 cm³/mol. The molecule has 0 radical (unpaired) electrons. The second-order valence-corrected chi connectivity index (χ2v) is 5.84. The third-order valence-electron chi connectivity index (χ3n) is 3.38. The Morgan fingerprint density at radius 2 is 2.05 bits per heavy atom. The fourth-order valence-electron chi connectivity index (χ4n) is 2.04. The molecule has 4 nitrogen and oxygen atoms in total. The summed E-state index contributed by atoms with van der Waals surface area (Å²) >= 11 is 1.67. The topological polar surface area (TPSA) is 51.0 Å². The zero-order valence-electron chi connectivity index (χ0n) is 12.0. The maximum Gasteiger partial charge on any atom is 0.226 e. The van der Waals surface area contributed by atoms with Gasteiger partial charge in [0.05, 0.1) is 23.4 Å². The molecule has 0 saturated carbocycles. The molecule has 1 unspecified atom stereocenters. The molecular weight excluding hydrogens is 282 g/mol. The Hall–Kier alpha value is -1.98. The first kappa shape index (κ1) is 14.0. The molecular formula is C16H17N3OS. The first-order chi connectivity index (χ1) is 10.2. The molecule has 0 spiro atoms. The molecule has 3 aromatic rings. The van der Waals surface area contributed by atoms with Crippen molar-refractivity contribution < 1.29 is 4.42 Å². The first-order valence-electron chi connectivity index (χ1n) is 6.87. The Bertz CT molecular complexity index is 705. The Balaban J connectivity index is 1.67. The van der Waals surface area contributed by atoms with Crippen LogP contribution in [0.4, 0.5) is 0 Å². The molecule has 0 aliphatic heterocycles. The maximum atomic E-state index is 5.85. The average molecular weight is 299 g/mol. The largest absolute Gasteiger partial charge is 0.440 e. The van der Waals surface area contributed by atoms with Gasteiger partial charge in [-0.25, -0.2) is 9.97 Å². The molecule has 2 aromatic heterocycles. The standard InChI is InChI=1S/C16H17N3OS/c1-11(17-9-15-12(2)19-10-21-15)14-8-18-16(20-14)13-6-4-3-5-7-13/h3-8,10-11,17H,9H2,1-2H3. The number of aromatic nitrogens is 2. The van der Waals surface area contributed by atoms with Gasteiger partial charge in [-0.3, -0.25) is 0 Å². The molecule has 0 saturated heterocycles. The van der Waals surface area contributed by atoms with Gasteiger partial charge in [-0.2, -0.15) is 0 Å². The molecule has 0 bridgehead atoms. The van der Waals surface area contributed by atoms with Crippen LogP contribution in [0.3, 0.4) is 0 Å². The first-order valence-corrected chi connectivity index (χ1v) is 7.75. The van der Waals surface area contributed by atoms with Crippen molar-refractivity contribution in [1.82, 2.24) is 15.3 Å². The summed E-state index contributed by atoms with van der Waals surface area (Å²) in [6.07, 6.45) is 1.79. The number of nitrogens with zero attached hydrogens (tertiary/aromatic N) is 2. The van der Waals surface area contributed by atoms with Crippen molar-refractivity contribution in [3.8, 4) is 11.5 Å². The second-order valence-electron chi connectivity index (χ2n) is 4.90. The number of nitrogens with one attached hydrogen (secondary N) is 1. The van der Waals surface area contributed by atoms with Gasteiger partial charge < -0.3 is 9.73 Å². The smallest absolute Gasteiger partial charge is 0.226 e. The van der Waals surface area contributed by atoms with E-state index in [-0.39, 0.29) is 6.04 Å². The number of rotatable bonds is 5. The van der Waals surface area contributed by atoms with Crippen molar-refractivity contribution in [3.05, 3.63) is 58.4 Å². The van der Waals surface area contributed by atoms with Crippen LogP contribution in [0.5, 0.6) is 0 Å². The van der Waals surface area contributed by atoms with Crippen LogP contribution >= 0.6 is 11.3 Å². The van der Waals surface area contributed by atoms with Gasteiger partial charge in [-0.1, -0.05) is 18.2 Å². The van der Waals surface area contributed by atoms with E-state index in [2.05, 4.69) is 22.2 Å². The van der Waals surface area contributed by atoms with Gasteiger partial charge in [0.1, 0.15) is 5.76 Å². The number of benzene rings is 1. The molecule has 108 valence electrons. The van der Waals surface area contributed by atoms with Crippen LogP contribution in [-0.2, 0) is 6.54 Å². The summed E-state index contributed by atoms with van der Waals surface area (Å²) in [5, 5.41) is 3.44. The Morgan fingerprint density at radius 1 is 1.24 bits per heavy atom.